The lowest BCUT2D eigenvalue weighted by Gasteiger charge is -2.14. The molecule has 4 heteroatoms. The molecule has 1 aromatic heterocycles. The minimum Gasteiger partial charge on any atom is -0.324 e. The molecule has 2 nitrogen and oxygen atoms in total. The molecule has 1 unspecified atom stereocenters. The largest absolute Gasteiger partial charge is 0.324 e. The summed E-state index contributed by atoms with van der Waals surface area (Å²) in [4.78, 5) is 4.02. The van der Waals surface area contributed by atoms with Crippen molar-refractivity contribution in [3.8, 4) is 0 Å². The fourth-order valence-electron chi connectivity index (χ4n) is 1.93. The van der Waals surface area contributed by atoms with Crippen LogP contribution in [0.25, 0.3) is 0 Å². The highest BCUT2D eigenvalue weighted by atomic mass is 35.5. The van der Waals surface area contributed by atoms with E-state index >= 15 is 0 Å². The average molecular weight is 265 g/mol. The van der Waals surface area contributed by atoms with Crippen LogP contribution in [0.1, 0.15) is 22.7 Å². The Kier molecular flexibility index (Phi) is 3.94. The number of aryl methyl sites for hydroxylation is 1. The van der Waals surface area contributed by atoms with Crippen molar-refractivity contribution in [1.82, 2.24) is 4.98 Å². The zero-order chi connectivity index (χ0) is 13.1. The van der Waals surface area contributed by atoms with Crippen LogP contribution in [0, 0.1) is 12.7 Å². The third kappa shape index (κ3) is 2.86. The molecule has 1 atom stereocenters. The van der Waals surface area contributed by atoms with Crippen LogP contribution in [0.5, 0.6) is 0 Å². The van der Waals surface area contributed by atoms with Crippen LogP contribution in [0.2, 0.25) is 5.02 Å². The third-order valence-corrected chi connectivity index (χ3v) is 3.15. The normalized spacial score (nSPS) is 12.4. The number of nitrogens with two attached hydrogens (primary N) is 1. The molecule has 0 fully saturated rings. The monoisotopic (exact) mass is 264 g/mol. The lowest BCUT2D eigenvalue weighted by Crippen LogP contribution is -2.15. The van der Waals surface area contributed by atoms with E-state index in [1.807, 2.05) is 13.0 Å². The second-order valence-corrected chi connectivity index (χ2v) is 4.72. The van der Waals surface area contributed by atoms with Gasteiger partial charge in [0.25, 0.3) is 0 Å². The van der Waals surface area contributed by atoms with Crippen LogP contribution in [0.15, 0.2) is 36.7 Å². The number of hydrogen-bond acceptors (Lipinski definition) is 2. The van der Waals surface area contributed by atoms with Crippen molar-refractivity contribution < 1.29 is 4.39 Å². The van der Waals surface area contributed by atoms with Crippen molar-refractivity contribution in [2.75, 3.05) is 0 Å². The number of rotatable bonds is 3. The van der Waals surface area contributed by atoms with Crippen LogP contribution in [0.3, 0.4) is 0 Å². The van der Waals surface area contributed by atoms with Crippen molar-refractivity contribution in [1.29, 1.82) is 0 Å². The fraction of sp³-hybridized carbons (Fsp3) is 0.214. The van der Waals surface area contributed by atoms with Gasteiger partial charge >= 0.3 is 0 Å². The van der Waals surface area contributed by atoms with Gasteiger partial charge in [-0.25, -0.2) is 4.39 Å². The Balaban J connectivity index is 2.21. The molecule has 0 saturated heterocycles. The van der Waals surface area contributed by atoms with Crippen LogP contribution in [-0.2, 0) is 6.42 Å². The number of aromatic nitrogens is 1. The molecule has 0 amide bonds. The highest BCUT2D eigenvalue weighted by Gasteiger charge is 2.12. The molecule has 0 bridgehead atoms. The van der Waals surface area contributed by atoms with E-state index in [4.69, 9.17) is 17.3 Å². The molecule has 0 spiro atoms. The quantitative estimate of drug-likeness (QED) is 0.923. The summed E-state index contributed by atoms with van der Waals surface area (Å²) in [6.07, 6.45) is 3.89. The van der Waals surface area contributed by atoms with Gasteiger partial charge in [-0.15, -0.1) is 0 Å². The summed E-state index contributed by atoms with van der Waals surface area (Å²) in [7, 11) is 0. The van der Waals surface area contributed by atoms with Crippen molar-refractivity contribution >= 4 is 11.6 Å². The molecular formula is C14H14ClFN2. The molecule has 1 aromatic carbocycles. The van der Waals surface area contributed by atoms with Crippen molar-refractivity contribution in [2.45, 2.75) is 19.4 Å². The first-order valence-electron chi connectivity index (χ1n) is 5.68. The summed E-state index contributed by atoms with van der Waals surface area (Å²) in [5.74, 6) is -0.315. The van der Waals surface area contributed by atoms with Gasteiger partial charge in [0.1, 0.15) is 5.82 Å². The van der Waals surface area contributed by atoms with E-state index < -0.39 is 0 Å². The van der Waals surface area contributed by atoms with Crippen molar-refractivity contribution in [2.24, 2.45) is 5.73 Å². The molecule has 1 heterocycles. The van der Waals surface area contributed by atoms with Gasteiger partial charge in [0.15, 0.2) is 0 Å². The fourth-order valence-corrected chi connectivity index (χ4v) is 2.09. The van der Waals surface area contributed by atoms with Gasteiger partial charge in [0, 0.05) is 23.5 Å². The molecular weight excluding hydrogens is 251 g/mol. The Hall–Kier alpha value is -1.45. The summed E-state index contributed by atoms with van der Waals surface area (Å²) >= 11 is 5.72. The van der Waals surface area contributed by atoms with E-state index in [1.165, 1.54) is 6.07 Å². The minimum atomic E-state index is -0.315. The zero-order valence-electron chi connectivity index (χ0n) is 10.0. The second-order valence-electron chi connectivity index (χ2n) is 4.28. The lowest BCUT2D eigenvalue weighted by atomic mass is 9.97. The van der Waals surface area contributed by atoms with E-state index in [-0.39, 0.29) is 11.9 Å². The molecule has 0 aliphatic heterocycles. The van der Waals surface area contributed by atoms with E-state index in [2.05, 4.69) is 4.98 Å². The topological polar surface area (TPSA) is 38.9 Å². The molecule has 0 saturated carbocycles. The van der Waals surface area contributed by atoms with E-state index in [1.54, 1.807) is 24.5 Å². The van der Waals surface area contributed by atoms with Gasteiger partial charge < -0.3 is 5.73 Å². The molecule has 18 heavy (non-hydrogen) atoms. The predicted molar refractivity (Wildman–Crippen MR) is 71.0 cm³/mol. The number of halogens is 2. The summed E-state index contributed by atoms with van der Waals surface area (Å²) in [5, 5.41) is 0.393. The maximum Gasteiger partial charge on any atom is 0.127 e. The lowest BCUT2D eigenvalue weighted by molar-refractivity contribution is 0.592. The Labute approximate surface area is 111 Å². The van der Waals surface area contributed by atoms with Crippen LogP contribution in [-0.4, -0.2) is 4.98 Å². The first-order chi connectivity index (χ1) is 8.58. The molecule has 2 rings (SSSR count). The molecule has 0 aliphatic rings. The predicted octanol–water partition coefficient (Wildman–Crippen LogP) is 3.43. The molecule has 2 aromatic rings. The molecule has 0 radical (unpaired) electrons. The highest BCUT2D eigenvalue weighted by Crippen LogP contribution is 2.22. The third-order valence-electron chi connectivity index (χ3n) is 2.92. The SMILES string of the molecule is Cc1cnccc1C(N)Cc1ccc(Cl)cc1F. The van der Waals surface area contributed by atoms with E-state index in [0.29, 0.717) is 17.0 Å². The maximum absolute atomic E-state index is 13.7. The van der Waals surface area contributed by atoms with Crippen molar-refractivity contribution in [3.05, 3.63) is 64.2 Å². The van der Waals surface area contributed by atoms with E-state index in [9.17, 15) is 4.39 Å². The van der Waals surface area contributed by atoms with Crippen LogP contribution in [0.4, 0.5) is 4.39 Å². The van der Waals surface area contributed by atoms with Gasteiger partial charge in [0.2, 0.25) is 0 Å². The minimum absolute atomic E-state index is 0.247. The standard InChI is InChI=1S/C14H14ClFN2/c1-9-8-18-5-4-12(9)14(17)6-10-2-3-11(15)7-13(10)16/h2-5,7-8,14H,6,17H2,1H3. The Morgan fingerprint density at radius 3 is 2.83 bits per heavy atom. The smallest absolute Gasteiger partial charge is 0.127 e. The van der Waals surface area contributed by atoms with Crippen LogP contribution >= 0.6 is 11.6 Å². The summed E-state index contributed by atoms with van der Waals surface area (Å²) in [6.45, 7) is 1.94. The number of nitrogens with zero attached hydrogens (tertiary/aromatic N) is 1. The first kappa shape index (κ1) is 13.0. The molecule has 0 aliphatic carbocycles. The number of pyridine rings is 1. The first-order valence-corrected chi connectivity index (χ1v) is 6.05. The summed E-state index contributed by atoms with van der Waals surface area (Å²) in [5.41, 5.74) is 8.68. The second kappa shape index (κ2) is 5.46. The highest BCUT2D eigenvalue weighted by molar-refractivity contribution is 6.30. The van der Waals surface area contributed by atoms with Gasteiger partial charge in [-0.3, -0.25) is 4.98 Å². The Bertz CT molecular complexity index is 557. The Morgan fingerprint density at radius 1 is 1.39 bits per heavy atom. The Morgan fingerprint density at radius 2 is 2.17 bits per heavy atom. The van der Waals surface area contributed by atoms with Gasteiger partial charge in [0.05, 0.1) is 0 Å². The van der Waals surface area contributed by atoms with Gasteiger partial charge in [-0.1, -0.05) is 17.7 Å². The molecule has 94 valence electrons. The summed E-state index contributed by atoms with van der Waals surface area (Å²) in [6, 6.07) is 6.28. The van der Waals surface area contributed by atoms with E-state index in [0.717, 1.165) is 11.1 Å². The summed E-state index contributed by atoms with van der Waals surface area (Å²) < 4.78 is 13.7. The zero-order valence-corrected chi connectivity index (χ0v) is 10.8. The number of hydrogen-bond donors (Lipinski definition) is 1. The van der Waals surface area contributed by atoms with Crippen LogP contribution < -0.4 is 5.73 Å². The average Bonchev–Trinajstić information content (AvgIpc) is 2.33. The van der Waals surface area contributed by atoms with Gasteiger partial charge in [-0.2, -0.15) is 0 Å². The molecule has 2 N–H and O–H groups in total. The number of benzene rings is 1. The van der Waals surface area contributed by atoms with Crippen molar-refractivity contribution in [3.63, 3.8) is 0 Å². The maximum atomic E-state index is 13.7. The van der Waals surface area contributed by atoms with Gasteiger partial charge in [-0.05, 0) is 48.2 Å².